The van der Waals surface area contributed by atoms with Gasteiger partial charge >= 0.3 is 0 Å². The molecule has 8 heteroatoms. The van der Waals surface area contributed by atoms with Crippen molar-refractivity contribution >= 4 is 17.7 Å². The molecule has 2 atom stereocenters. The van der Waals surface area contributed by atoms with Crippen molar-refractivity contribution in [1.29, 1.82) is 0 Å². The standard InChI is InChI=1S/C18H23N5O2S/c1-12-19-20-18-23(12)21-15(13-6-8-14(25-2)9-7-13)16(26-18)17(24)22-10-4-3-5-11-22/h6-9,15-16,21H,3-5,10-11H2,1-2H3. The van der Waals surface area contributed by atoms with Gasteiger partial charge in [-0.2, -0.15) is 0 Å². The van der Waals surface area contributed by atoms with Crippen LogP contribution in [0.4, 0.5) is 0 Å². The van der Waals surface area contributed by atoms with E-state index in [4.69, 9.17) is 4.74 Å². The van der Waals surface area contributed by atoms with Crippen molar-refractivity contribution in [3.8, 4) is 5.75 Å². The molecule has 0 aliphatic carbocycles. The fraction of sp³-hybridized carbons (Fsp3) is 0.500. The molecule has 7 nitrogen and oxygen atoms in total. The van der Waals surface area contributed by atoms with Gasteiger partial charge in [-0.1, -0.05) is 23.9 Å². The third kappa shape index (κ3) is 3.13. The number of hydrogen-bond acceptors (Lipinski definition) is 6. The number of hydrogen-bond donors (Lipinski definition) is 1. The zero-order chi connectivity index (χ0) is 18.1. The van der Waals surface area contributed by atoms with Crippen molar-refractivity contribution < 1.29 is 9.53 Å². The summed E-state index contributed by atoms with van der Waals surface area (Å²) >= 11 is 1.50. The third-order valence-corrected chi connectivity index (χ3v) is 6.19. The largest absolute Gasteiger partial charge is 0.497 e. The molecule has 26 heavy (non-hydrogen) atoms. The first kappa shape index (κ1) is 17.2. The molecule has 0 spiro atoms. The quantitative estimate of drug-likeness (QED) is 0.891. The average Bonchev–Trinajstić information content (AvgIpc) is 3.07. The molecule has 0 bridgehead atoms. The monoisotopic (exact) mass is 373 g/mol. The van der Waals surface area contributed by atoms with E-state index in [1.165, 1.54) is 18.2 Å². The summed E-state index contributed by atoms with van der Waals surface area (Å²) in [6.45, 7) is 3.59. The van der Waals surface area contributed by atoms with E-state index in [-0.39, 0.29) is 17.2 Å². The van der Waals surface area contributed by atoms with Gasteiger partial charge in [0.05, 0.1) is 13.2 Å². The van der Waals surface area contributed by atoms with Gasteiger partial charge in [0.25, 0.3) is 0 Å². The van der Waals surface area contributed by atoms with Crippen molar-refractivity contribution in [2.24, 2.45) is 0 Å². The Hall–Kier alpha value is -2.22. The second kappa shape index (κ2) is 7.19. The molecule has 2 aliphatic rings. The van der Waals surface area contributed by atoms with Crippen molar-refractivity contribution in [1.82, 2.24) is 19.8 Å². The number of nitrogens with zero attached hydrogens (tertiary/aromatic N) is 4. The fourth-order valence-electron chi connectivity index (χ4n) is 3.50. The highest BCUT2D eigenvalue weighted by Gasteiger charge is 2.39. The molecule has 1 N–H and O–H groups in total. The van der Waals surface area contributed by atoms with Crippen LogP contribution in [0.2, 0.25) is 0 Å². The maximum Gasteiger partial charge on any atom is 0.238 e. The number of fused-ring (bicyclic) bond motifs is 1. The third-order valence-electron chi connectivity index (χ3n) is 4.98. The molecular weight excluding hydrogens is 350 g/mol. The van der Waals surface area contributed by atoms with Gasteiger partial charge in [0.1, 0.15) is 16.8 Å². The van der Waals surface area contributed by atoms with Gasteiger partial charge in [-0.25, -0.2) is 4.68 Å². The predicted octanol–water partition coefficient (Wildman–Crippen LogP) is 2.37. The smallest absolute Gasteiger partial charge is 0.238 e. The molecule has 2 unspecified atom stereocenters. The summed E-state index contributed by atoms with van der Waals surface area (Å²) in [7, 11) is 1.65. The molecule has 1 aromatic heterocycles. The maximum absolute atomic E-state index is 13.3. The zero-order valence-corrected chi connectivity index (χ0v) is 15.8. The van der Waals surface area contributed by atoms with E-state index in [1.54, 1.807) is 7.11 Å². The Labute approximate surface area is 157 Å². The molecule has 0 radical (unpaired) electrons. The van der Waals surface area contributed by atoms with Crippen LogP contribution < -0.4 is 10.2 Å². The summed E-state index contributed by atoms with van der Waals surface area (Å²) in [6.07, 6.45) is 3.37. The van der Waals surface area contributed by atoms with Crippen LogP contribution in [0, 0.1) is 6.92 Å². The van der Waals surface area contributed by atoms with Crippen LogP contribution >= 0.6 is 11.8 Å². The number of rotatable bonds is 3. The van der Waals surface area contributed by atoms with Crippen molar-refractivity contribution in [3.63, 3.8) is 0 Å². The molecule has 0 saturated carbocycles. The summed E-state index contributed by atoms with van der Waals surface area (Å²) in [5.41, 5.74) is 4.50. The molecule has 1 amide bonds. The molecule has 1 aromatic carbocycles. The second-order valence-electron chi connectivity index (χ2n) is 6.67. The van der Waals surface area contributed by atoms with E-state index >= 15 is 0 Å². The number of carbonyl (C=O) groups excluding carboxylic acids is 1. The number of carbonyl (C=O) groups is 1. The van der Waals surface area contributed by atoms with E-state index < -0.39 is 0 Å². The maximum atomic E-state index is 13.3. The number of aryl methyl sites for hydroxylation is 1. The molecule has 138 valence electrons. The number of aromatic nitrogens is 3. The number of ether oxygens (including phenoxy) is 1. The Kier molecular flexibility index (Phi) is 4.76. The minimum atomic E-state index is -0.266. The van der Waals surface area contributed by atoms with Crippen molar-refractivity contribution in [2.75, 3.05) is 25.6 Å². The van der Waals surface area contributed by atoms with Gasteiger partial charge in [0, 0.05) is 13.1 Å². The normalized spacial score (nSPS) is 22.5. The summed E-state index contributed by atoms with van der Waals surface area (Å²) in [5, 5.41) is 8.83. The van der Waals surface area contributed by atoms with Gasteiger partial charge in [0.15, 0.2) is 0 Å². The van der Waals surface area contributed by atoms with Gasteiger partial charge in [0.2, 0.25) is 11.1 Å². The highest BCUT2D eigenvalue weighted by Crippen LogP contribution is 2.38. The van der Waals surface area contributed by atoms with Crippen LogP contribution in [-0.4, -0.2) is 51.1 Å². The Bertz CT molecular complexity index is 785. The lowest BCUT2D eigenvalue weighted by Crippen LogP contribution is -2.47. The number of piperidine rings is 1. The zero-order valence-electron chi connectivity index (χ0n) is 15.0. The van der Waals surface area contributed by atoms with Crippen LogP contribution in [0.5, 0.6) is 5.75 Å². The van der Waals surface area contributed by atoms with Crippen molar-refractivity contribution in [2.45, 2.75) is 42.6 Å². The highest BCUT2D eigenvalue weighted by atomic mass is 32.2. The Morgan fingerprint density at radius 1 is 1.19 bits per heavy atom. The second-order valence-corrected chi connectivity index (χ2v) is 7.78. The van der Waals surface area contributed by atoms with Crippen LogP contribution in [-0.2, 0) is 4.79 Å². The van der Waals surface area contributed by atoms with Crippen LogP contribution in [0.25, 0.3) is 0 Å². The molecule has 1 saturated heterocycles. The van der Waals surface area contributed by atoms with Gasteiger partial charge < -0.3 is 15.1 Å². The molecular formula is C18H23N5O2S. The van der Waals surface area contributed by atoms with Crippen LogP contribution in [0.3, 0.4) is 0 Å². The fourth-order valence-corrected chi connectivity index (χ4v) is 4.71. The Morgan fingerprint density at radius 2 is 1.92 bits per heavy atom. The summed E-state index contributed by atoms with van der Waals surface area (Å²) < 4.78 is 7.14. The Balaban J connectivity index is 1.66. The number of thioether (sulfide) groups is 1. The van der Waals surface area contributed by atoms with Gasteiger partial charge in [-0.05, 0) is 43.9 Å². The SMILES string of the molecule is COc1ccc(C2Nn3c(C)nnc3SC2C(=O)N2CCCCC2)cc1. The molecule has 1 fully saturated rings. The molecule has 2 aromatic rings. The van der Waals surface area contributed by atoms with Crippen LogP contribution in [0.15, 0.2) is 29.4 Å². The predicted molar refractivity (Wildman–Crippen MR) is 99.9 cm³/mol. The van der Waals surface area contributed by atoms with E-state index in [0.717, 1.165) is 48.2 Å². The number of likely N-dealkylation sites (tertiary alicyclic amines) is 1. The van der Waals surface area contributed by atoms with E-state index in [1.807, 2.05) is 40.8 Å². The minimum absolute atomic E-state index is 0.150. The highest BCUT2D eigenvalue weighted by molar-refractivity contribution is 8.00. The number of amides is 1. The molecule has 3 heterocycles. The summed E-state index contributed by atoms with van der Waals surface area (Å²) in [6, 6.07) is 7.73. The first-order chi connectivity index (χ1) is 12.7. The lowest BCUT2D eigenvalue weighted by Gasteiger charge is -2.37. The average molecular weight is 373 g/mol. The lowest BCUT2D eigenvalue weighted by molar-refractivity contribution is -0.131. The number of methoxy groups -OCH3 is 1. The lowest BCUT2D eigenvalue weighted by atomic mass is 10.0. The molecule has 4 rings (SSSR count). The number of benzene rings is 1. The summed E-state index contributed by atoms with van der Waals surface area (Å²) in [4.78, 5) is 15.3. The molecule has 2 aliphatic heterocycles. The van der Waals surface area contributed by atoms with Gasteiger partial charge in [-0.3, -0.25) is 4.79 Å². The van der Waals surface area contributed by atoms with E-state index in [2.05, 4.69) is 15.6 Å². The minimum Gasteiger partial charge on any atom is -0.497 e. The van der Waals surface area contributed by atoms with E-state index in [9.17, 15) is 4.79 Å². The Morgan fingerprint density at radius 3 is 2.62 bits per heavy atom. The van der Waals surface area contributed by atoms with Crippen molar-refractivity contribution in [3.05, 3.63) is 35.7 Å². The first-order valence-electron chi connectivity index (χ1n) is 8.95. The van der Waals surface area contributed by atoms with E-state index in [0.29, 0.717) is 0 Å². The van der Waals surface area contributed by atoms with Crippen LogP contribution in [0.1, 0.15) is 36.7 Å². The first-order valence-corrected chi connectivity index (χ1v) is 9.83. The van der Waals surface area contributed by atoms with Gasteiger partial charge in [-0.15, -0.1) is 10.2 Å². The summed E-state index contributed by atoms with van der Waals surface area (Å²) in [5.74, 6) is 1.77. The number of nitrogens with one attached hydrogen (secondary N) is 1. The topological polar surface area (TPSA) is 72.3 Å².